The van der Waals surface area contributed by atoms with Crippen LogP contribution in [0, 0.1) is 0 Å². The molecule has 3 heteroatoms. The van der Waals surface area contributed by atoms with Gasteiger partial charge in [0.15, 0.2) is 0 Å². The summed E-state index contributed by atoms with van der Waals surface area (Å²) in [6.45, 7) is 6.17. The van der Waals surface area contributed by atoms with Crippen molar-refractivity contribution in [2.45, 2.75) is 58.5 Å². The topological polar surface area (TPSA) is 34.0 Å². The second kappa shape index (κ2) is 6.19. The molecule has 0 saturated carbocycles. The summed E-state index contributed by atoms with van der Waals surface area (Å²) in [6, 6.07) is 4.21. The molecular formula is C15H24N2O. The van der Waals surface area contributed by atoms with Crippen LogP contribution in [0.15, 0.2) is 16.9 Å². The maximum Gasteiger partial charge on any atom is 0.250 e. The van der Waals surface area contributed by atoms with Crippen LogP contribution < -0.4 is 10.9 Å². The Labute approximate surface area is 109 Å². The fraction of sp³-hybridized carbons (Fsp3) is 0.667. The van der Waals surface area contributed by atoms with Gasteiger partial charge < -0.3 is 9.88 Å². The quantitative estimate of drug-likeness (QED) is 0.869. The van der Waals surface area contributed by atoms with Crippen LogP contribution in [-0.4, -0.2) is 11.1 Å². The summed E-state index contributed by atoms with van der Waals surface area (Å²) in [5, 5.41) is 3.53. The molecule has 0 spiro atoms. The van der Waals surface area contributed by atoms with Crippen LogP contribution in [0.25, 0.3) is 0 Å². The van der Waals surface area contributed by atoms with Crippen LogP contribution in [0.4, 0.5) is 0 Å². The van der Waals surface area contributed by atoms with Gasteiger partial charge in [0.25, 0.3) is 5.56 Å². The van der Waals surface area contributed by atoms with Crippen LogP contribution >= 0.6 is 0 Å². The number of hydrogen-bond acceptors (Lipinski definition) is 2. The van der Waals surface area contributed by atoms with Crippen molar-refractivity contribution >= 4 is 0 Å². The Morgan fingerprint density at radius 3 is 2.94 bits per heavy atom. The zero-order valence-corrected chi connectivity index (χ0v) is 11.5. The molecule has 0 amide bonds. The average Bonchev–Trinajstić information content (AvgIpc) is 2.38. The molecule has 100 valence electrons. The van der Waals surface area contributed by atoms with Gasteiger partial charge in [-0.05, 0) is 37.8 Å². The molecule has 0 bridgehead atoms. The minimum atomic E-state index is 0.166. The fourth-order valence-corrected chi connectivity index (χ4v) is 2.88. The first kappa shape index (κ1) is 13.3. The number of hydrogen-bond donors (Lipinski definition) is 1. The molecule has 0 saturated heterocycles. The average molecular weight is 248 g/mol. The maximum absolute atomic E-state index is 12.0. The highest BCUT2D eigenvalue weighted by molar-refractivity contribution is 5.27. The summed E-state index contributed by atoms with van der Waals surface area (Å²) in [5.74, 6) is 0. The third kappa shape index (κ3) is 2.66. The standard InChI is InChI=1S/C15H24N2O/c1-3-5-11-17-14-8-6-7-13(16-4-2)12(14)9-10-15(17)18/h9-10,13,16H,3-8,11H2,1-2H3. The van der Waals surface area contributed by atoms with Gasteiger partial charge in [-0.2, -0.15) is 0 Å². The first-order valence-electron chi connectivity index (χ1n) is 7.24. The maximum atomic E-state index is 12.0. The summed E-state index contributed by atoms with van der Waals surface area (Å²) in [5.41, 5.74) is 2.78. The van der Waals surface area contributed by atoms with E-state index in [1.807, 2.05) is 10.6 Å². The largest absolute Gasteiger partial charge is 0.312 e. The van der Waals surface area contributed by atoms with Gasteiger partial charge in [-0.15, -0.1) is 0 Å². The van der Waals surface area contributed by atoms with Gasteiger partial charge in [0.2, 0.25) is 0 Å². The Balaban J connectivity index is 2.36. The summed E-state index contributed by atoms with van der Waals surface area (Å²) < 4.78 is 2.00. The minimum Gasteiger partial charge on any atom is -0.312 e. The van der Waals surface area contributed by atoms with Gasteiger partial charge in [-0.25, -0.2) is 0 Å². The second-order valence-electron chi connectivity index (χ2n) is 5.08. The van der Waals surface area contributed by atoms with Crippen molar-refractivity contribution in [1.82, 2.24) is 9.88 Å². The first-order chi connectivity index (χ1) is 8.77. The Morgan fingerprint density at radius 1 is 1.39 bits per heavy atom. The van der Waals surface area contributed by atoms with Crippen LogP contribution in [0.1, 0.15) is 56.8 Å². The molecule has 18 heavy (non-hydrogen) atoms. The molecule has 1 atom stereocenters. The van der Waals surface area contributed by atoms with Crippen molar-refractivity contribution in [2.75, 3.05) is 6.54 Å². The second-order valence-corrected chi connectivity index (χ2v) is 5.08. The number of nitrogens with zero attached hydrogens (tertiary/aromatic N) is 1. The molecule has 1 N–H and O–H groups in total. The molecule has 2 rings (SSSR count). The van der Waals surface area contributed by atoms with Gasteiger partial charge in [-0.3, -0.25) is 4.79 Å². The lowest BCUT2D eigenvalue weighted by Crippen LogP contribution is -2.31. The number of fused-ring (bicyclic) bond motifs is 1. The molecule has 1 aliphatic carbocycles. The van der Waals surface area contributed by atoms with Gasteiger partial charge in [0, 0.05) is 24.3 Å². The molecule has 3 nitrogen and oxygen atoms in total. The molecule has 0 radical (unpaired) electrons. The summed E-state index contributed by atoms with van der Waals surface area (Å²) in [4.78, 5) is 12.0. The van der Waals surface area contributed by atoms with E-state index in [1.54, 1.807) is 6.07 Å². The Bertz CT molecular complexity index is 450. The lowest BCUT2D eigenvalue weighted by Gasteiger charge is -2.28. The molecule has 1 aromatic heterocycles. The van der Waals surface area contributed by atoms with Crippen LogP contribution in [0.2, 0.25) is 0 Å². The minimum absolute atomic E-state index is 0.166. The normalized spacial score (nSPS) is 18.7. The van der Waals surface area contributed by atoms with E-state index in [0.717, 1.165) is 32.4 Å². The molecule has 1 unspecified atom stereocenters. The highest BCUT2D eigenvalue weighted by Crippen LogP contribution is 2.28. The molecular weight excluding hydrogens is 224 g/mol. The van der Waals surface area contributed by atoms with Gasteiger partial charge in [0.1, 0.15) is 0 Å². The van der Waals surface area contributed by atoms with Crippen molar-refractivity contribution in [3.8, 4) is 0 Å². The van der Waals surface area contributed by atoms with Crippen molar-refractivity contribution in [1.29, 1.82) is 0 Å². The third-order valence-corrected chi connectivity index (χ3v) is 3.80. The van der Waals surface area contributed by atoms with E-state index < -0.39 is 0 Å². The summed E-state index contributed by atoms with van der Waals surface area (Å²) >= 11 is 0. The van der Waals surface area contributed by atoms with Crippen LogP contribution in [0.3, 0.4) is 0 Å². The van der Waals surface area contributed by atoms with Crippen molar-refractivity contribution < 1.29 is 0 Å². The SMILES string of the molecule is CCCCn1c2c(ccc1=O)C(NCC)CCC2. The Morgan fingerprint density at radius 2 is 2.22 bits per heavy atom. The monoisotopic (exact) mass is 248 g/mol. The molecule has 1 heterocycles. The first-order valence-corrected chi connectivity index (χ1v) is 7.24. The smallest absolute Gasteiger partial charge is 0.250 e. The molecule has 1 aliphatic rings. The fourth-order valence-electron chi connectivity index (χ4n) is 2.88. The van der Waals surface area contributed by atoms with Crippen LogP contribution in [-0.2, 0) is 13.0 Å². The lowest BCUT2D eigenvalue weighted by atomic mass is 9.90. The van der Waals surface area contributed by atoms with Crippen molar-refractivity contribution in [3.63, 3.8) is 0 Å². The van der Waals surface area contributed by atoms with E-state index in [4.69, 9.17) is 0 Å². The zero-order chi connectivity index (χ0) is 13.0. The lowest BCUT2D eigenvalue weighted by molar-refractivity contribution is 0.446. The molecule has 1 aromatic rings. The Kier molecular flexibility index (Phi) is 4.59. The number of unbranched alkanes of at least 4 members (excludes halogenated alkanes) is 1. The van der Waals surface area contributed by atoms with E-state index in [2.05, 4.69) is 19.2 Å². The number of aromatic nitrogens is 1. The predicted molar refractivity (Wildman–Crippen MR) is 75.0 cm³/mol. The number of rotatable bonds is 5. The van der Waals surface area contributed by atoms with E-state index in [0.29, 0.717) is 6.04 Å². The van der Waals surface area contributed by atoms with E-state index in [1.165, 1.54) is 24.1 Å². The van der Waals surface area contributed by atoms with Gasteiger partial charge in [0.05, 0.1) is 0 Å². The molecule has 0 fully saturated rings. The highest BCUT2D eigenvalue weighted by Gasteiger charge is 2.21. The van der Waals surface area contributed by atoms with E-state index in [-0.39, 0.29) is 5.56 Å². The van der Waals surface area contributed by atoms with E-state index in [9.17, 15) is 4.79 Å². The van der Waals surface area contributed by atoms with E-state index >= 15 is 0 Å². The third-order valence-electron chi connectivity index (χ3n) is 3.80. The number of pyridine rings is 1. The summed E-state index contributed by atoms with van der Waals surface area (Å²) in [7, 11) is 0. The van der Waals surface area contributed by atoms with Crippen LogP contribution in [0.5, 0.6) is 0 Å². The highest BCUT2D eigenvalue weighted by atomic mass is 16.1. The summed E-state index contributed by atoms with van der Waals surface area (Å²) in [6.07, 6.45) is 5.64. The molecule has 0 aliphatic heterocycles. The van der Waals surface area contributed by atoms with Crippen molar-refractivity contribution in [2.24, 2.45) is 0 Å². The van der Waals surface area contributed by atoms with Gasteiger partial charge in [-0.1, -0.05) is 26.3 Å². The molecule has 0 aromatic carbocycles. The zero-order valence-electron chi connectivity index (χ0n) is 11.5. The number of nitrogens with one attached hydrogen (secondary N) is 1. The van der Waals surface area contributed by atoms with Crippen molar-refractivity contribution in [3.05, 3.63) is 33.7 Å². The Hall–Kier alpha value is -1.09. The van der Waals surface area contributed by atoms with Gasteiger partial charge >= 0.3 is 0 Å². The predicted octanol–water partition coefficient (Wildman–Crippen LogP) is 2.64.